The van der Waals surface area contributed by atoms with Gasteiger partial charge in [-0.05, 0) is 61.2 Å². The van der Waals surface area contributed by atoms with Gasteiger partial charge >= 0.3 is 0 Å². The molecule has 0 N–H and O–H groups in total. The first-order valence-electron chi connectivity index (χ1n) is 8.23. The van der Waals surface area contributed by atoms with Gasteiger partial charge in [0.15, 0.2) is 11.5 Å². The Balaban J connectivity index is 2.03. The highest BCUT2D eigenvalue weighted by Gasteiger charge is 2.22. The minimum Gasteiger partial charge on any atom is -0.493 e. The Morgan fingerprint density at radius 1 is 1.04 bits per heavy atom. The van der Waals surface area contributed by atoms with Crippen molar-refractivity contribution in [2.75, 3.05) is 27.8 Å². The van der Waals surface area contributed by atoms with E-state index in [1.807, 2.05) is 18.2 Å². The van der Waals surface area contributed by atoms with E-state index in [1.54, 1.807) is 21.1 Å². The van der Waals surface area contributed by atoms with Crippen molar-refractivity contribution < 1.29 is 22.3 Å². The minimum absolute atomic E-state index is 0.132. The van der Waals surface area contributed by atoms with Gasteiger partial charge in [-0.2, -0.15) is 0 Å². The number of rotatable bonds is 8. The second kappa shape index (κ2) is 8.51. The van der Waals surface area contributed by atoms with Gasteiger partial charge in [0.05, 0.1) is 19.1 Å². The van der Waals surface area contributed by atoms with Crippen molar-refractivity contribution in [2.24, 2.45) is 0 Å². The predicted octanol–water partition coefficient (Wildman–Crippen LogP) is 3.40. The van der Waals surface area contributed by atoms with Crippen LogP contribution in [0.1, 0.15) is 17.5 Å². The van der Waals surface area contributed by atoms with E-state index in [-0.39, 0.29) is 4.90 Å². The quantitative estimate of drug-likeness (QED) is 0.703. The summed E-state index contributed by atoms with van der Waals surface area (Å²) in [6.07, 6.45) is 1.34. The standard InChI is InChI=1S/C19H24FNO4S/c1-14-12-16(20)8-10-19(14)26(22,23)21(2)11-5-6-15-7-9-17(24-3)18(13-15)25-4/h7-10,12-13H,5-6,11H2,1-4H3. The molecule has 7 heteroatoms. The monoisotopic (exact) mass is 381 g/mol. The summed E-state index contributed by atoms with van der Waals surface area (Å²) in [5.41, 5.74) is 1.43. The van der Waals surface area contributed by atoms with Crippen molar-refractivity contribution in [2.45, 2.75) is 24.7 Å². The van der Waals surface area contributed by atoms with E-state index in [0.717, 1.165) is 11.6 Å². The van der Waals surface area contributed by atoms with Crippen LogP contribution in [0.15, 0.2) is 41.3 Å². The summed E-state index contributed by atoms with van der Waals surface area (Å²) in [4.78, 5) is 0.132. The molecule has 0 unspecified atom stereocenters. The Labute approximate surface area is 154 Å². The third-order valence-corrected chi connectivity index (χ3v) is 6.23. The van der Waals surface area contributed by atoms with E-state index in [9.17, 15) is 12.8 Å². The molecule has 0 aliphatic carbocycles. The Morgan fingerprint density at radius 2 is 1.73 bits per heavy atom. The Bertz CT molecular complexity index is 868. The third-order valence-electron chi connectivity index (χ3n) is 4.21. The lowest BCUT2D eigenvalue weighted by Gasteiger charge is -2.18. The third kappa shape index (κ3) is 4.53. The van der Waals surface area contributed by atoms with Gasteiger partial charge in [-0.3, -0.25) is 0 Å². The van der Waals surface area contributed by atoms with Crippen LogP contribution in [0.4, 0.5) is 4.39 Å². The van der Waals surface area contributed by atoms with Crippen LogP contribution in [0, 0.1) is 12.7 Å². The van der Waals surface area contributed by atoms with Crippen LogP contribution in [0.2, 0.25) is 0 Å². The van der Waals surface area contributed by atoms with Crippen LogP contribution in [0.25, 0.3) is 0 Å². The van der Waals surface area contributed by atoms with Gasteiger partial charge in [0.25, 0.3) is 0 Å². The number of hydrogen-bond donors (Lipinski definition) is 0. The van der Waals surface area contributed by atoms with E-state index >= 15 is 0 Å². The highest BCUT2D eigenvalue weighted by molar-refractivity contribution is 7.89. The Kier molecular flexibility index (Phi) is 6.61. The fourth-order valence-electron chi connectivity index (χ4n) is 2.73. The number of ether oxygens (including phenoxy) is 2. The summed E-state index contributed by atoms with van der Waals surface area (Å²) in [7, 11) is 1.05. The molecule has 26 heavy (non-hydrogen) atoms. The van der Waals surface area contributed by atoms with E-state index in [1.165, 1.54) is 23.5 Å². The molecule has 0 amide bonds. The summed E-state index contributed by atoms with van der Waals surface area (Å²) in [5.74, 6) is 0.855. The number of methoxy groups -OCH3 is 2. The van der Waals surface area contributed by atoms with Gasteiger partial charge in [-0.25, -0.2) is 17.1 Å². The molecule has 2 aromatic carbocycles. The number of nitrogens with zero attached hydrogens (tertiary/aromatic N) is 1. The van der Waals surface area contributed by atoms with Gasteiger partial charge in [0.2, 0.25) is 10.0 Å². The Hall–Kier alpha value is -2.12. The lowest BCUT2D eigenvalue weighted by Crippen LogP contribution is -2.28. The molecule has 0 aliphatic rings. The van der Waals surface area contributed by atoms with E-state index in [4.69, 9.17) is 9.47 Å². The second-order valence-corrected chi connectivity index (χ2v) is 8.04. The molecular formula is C19H24FNO4S. The van der Waals surface area contributed by atoms with Gasteiger partial charge in [0.1, 0.15) is 5.82 Å². The number of aryl methyl sites for hydroxylation is 2. The van der Waals surface area contributed by atoms with Gasteiger partial charge < -0.3 is 9.47 Å². The van der Waals surface area contributed by atoms with Gasteiger partial charge in [-0.1, -0.05) is 6.07 Å². The van der Waals surface area contributed by atoms with Crippen molar-refractivity contribution in [3.8, 4) is 11.5 Å². The van der Waals surface area contributed by atoms with Gasteiger partial charge in [-0.15, -0.1) is 0 Å². The van der Waals surface area contributed by atoms with Crippen LogP contribution in [-0.4, -0.2) is 40.5 Å². The number of halogens is 1. The maximum Gasteiger partial charge on any atom is 0.243 e. The molecule has 0 saturated heterocycles. The fourth-order valence-corrected chi connectivity index (χ4v) is 4.14. The molecule has 5 nitrogen and oxygen atoms in total. The van der Waals surface area contributed by atoms with E-state index < -0.39 is 15.8 Å². The second-order valence-electron chi connectivity index (χ2n) is 6.03. The molecule has 0 bridgehead atoms. The van der Waals surface area contributed by atoms with Crippen LogP contribution < -0.4 is 9.47 Å². The maximum absolute atomic E-state index is 13.2. The first-order chi connectivity index (χ1) is 12.3. The molecule has 0 aromatic heterocycles. The summed E-state index contributed by atoms with van der Waals surface area (Å²) >= 11 is 0. The van der Waals surface area contributed by atoms with Crippen LogP contribution >= 0.6 is 0 Å². The molecule has 0 saturated carbocycles. The molecule has 0 atom stereocenters. The van der Waals surface area contributed by atoms with Crippen LogP contribution in [-0.2, 0) is 16.4 Å². The summed E-state index contributed by atoms with van der Waals surface area (Å²) in [6, 6.07) is 9.35. The molecular weight excluding hydrogens is 357 g/mol. The zero-order valence-electron chi connectivity index (χ0n) is 15.5. The molecule has 2 aromatic rings. The normalized spacial score (nSPS) is 11.6. The van der Waals surface area contributed by atoms with Crippen molar-refractivity contribution in [3.63, 3.8) is 0 Å². The van der Waals surface area contributed by atoms with E-state index in [0.29, 0.717) is 36.4 Å². The SMILES string of the molecule is COc1ccc(CCCN(C)S(=O)(=O)c2ccc(F)cc2C)cc1OC. The number of hydrogen-bond acceptors (Lipinski definition) is 4. The predicted molar refractivity (Wildman–Crippen MR) is 98.8 cm³/mol. The molecule has 0 heterocycles. The molecule has 0 radical (unpaired) electrons. The summed E-state index contributed by atoms with van der Waals surface area (Å²) in [5, 5.41) is 0. The number of benzene rings is 2. The van der Waals surface area contributed by atoms with Crippen LogP contribution in [0.3, 0.4) is 0 Å². The van der Waals surface area contributed by atoms with Crippen molar-refractivity contribution in [3.05, 3.63) is 53.3 Å². The van der Waals surface area contributed by atoms with Crippen molar-refractivity contribution in [1.29, 1.82) is 0 Å². The highest BCUT2D eigenvalue weighted by Crippen LogP contribution is 2.28. The average molecular weight is 381 g/mol. The maximum atomic E-state index is 13.2. The van der Waals surface area contributed by atoms with Crippen molar-refractivity contribution in [1.82, 2.24) is 4.31 Å². The minimum atomic E-state index is -3.64. The lowest BCUT2D eigenvalue weighted by molar-refractivity contribution is 0.354. The lowest BCUT2D eigenvalue weighted by atomic mass is 10.1. The fraction of sp³-hybridized carbons (Fsp3) is 0.368. The zero-order chi connectivity index (χ0) is 19.3. The van der Waals surface area contributed by atoms with Gasteiger partial charge in [0, 0.05) is 13.6 Å². The molecule has 0 spiro atoms. The highest BCUT2D eigenvalue weighted by atomic mass is 32.2. The van der Waals surface area contributed by atoms with E-state index in [2.05, 4.69) is 0 Å². The zero-order valence-corrected chi connectivity index (χ0v) is 16.3. The first kappa shape index (κ1) is 20.2. The Morgan fingerprint density at radius 3 is 2.35 bits per heavy atom. The van der Waals surface area contributed by atoms with Crippen molar-refractivity contribution >= 4 is 10.0 Å². The molecule has 0 fully saturated rings. The molecule has 2 rings (SSSR count). The summed E-state index contributed by atoms with van der Waals surface area (Å²) in [6.45, 7) is 1.95. The summed E-state index contributed by atoms with van der Waals surface area (Å²) < 4.78 is 50.3. The number of sulfonamides is 1. The largest absolute Gasteiger partial charge is 0.493 e. The smallest absolute Gasteiger partial charge is 0.243 e. The molecule has 0 aliphatic heterocycles. The first-order valence-corrected chi connectivity index (χ1v) is 9.67. The molecule has 142 valence electrons. The topological polar surface area (TPSA) is 55.8 Å². The van der Waals surface area contributed by atoms with Crippen LogP contribution in [0.5, 0.6) is 11.5 Å². The average Bonchev–Trinajstić information content (AvgIpc) is 2.61.